The number of ether oxygens (including phenoxy) is 2. The largest absolute Gasteiger partial charge is 0.481 e. The molecule has 0 bridgehead atoms. The molecule has 80 valence electrons. The topological polar surface area (TPSA) is 72.8 Å². The quantitative estimate of drug-likeness (QED) is 0.666. The summed E-state index contributed by atoms with van der Waals surface area (Å²) in [6.07, 6.45) is 0.659. The second-order valence-electron chi connectivity index (χ2n) is 3.40. The van der Waals surface area contributed by atoms with Gasteiger partial charge in [-0.25, -0.2) is 0 Å². The fraction of sp³-hybridized carbons (Fsp3) is 0.778. The Labute approximate surface area is 82.0 Å². The van der Waals surface area contributed by atoms with E-state index in [1.165, 1.54) is 14.2 Å². The molecular weight excluding hydrogens is 188 g/mol. The molecule has 0 aromatic heterocycles. The molecule has 14 heavy (non-hydrogen) atoms. The van der Waals surface area contributed by atoms with Gasteiger partial charge in [0.25, 0.3) is 0 Å². The van der Waals surface area contributed by atoms with Crippen molar-refractivity contribution in [3.63, 3.8) is 0 Å². The molecule has 5 heteroatoms. The van der Waals surface area contributed by atoms with Crippen LogP contribution in [0.15, 0.2) is 0 Å². The average molecular weight is 202 g/mol. The highest BCUT2D eigenvalue weighted by Gasteiger charge is 2.43. The molecule has 0 radical (unpaired) electrons. The summed E-state index contributed by atoms with van der Waals surface area (Å²) in [6, 6.07) is 0. The van der Waals surface area contributed by atoms with E-state index in [9.17, 15) is 9.59 Å². The van der Waals surface area contributed by atoms with Crippen molar-refractivity contribution in [1.29, 1.82) is 0 Å². The zero-order valence-corrected chi connectivity index (χ0v) is 8.23. The van der Waals surface area contributed by atoms with E-state index in [0.29, 0.717) is 12.8 Å². The van der Waals surface area contributed by atoms with Crippen LogP contribution in [0.3, 0.4) is 0 Å². The highest BCUT2D eigenvalue weighted by molar-refractivity contribution is 5.81. The van der Waals surface area contributed by atoms with Crippen molar-refractivity contribution in [2.45, 2.75) is 18.9 Å². The van der Waals surface area contributed by atoms with Gasteiger partial charge in [0.2, 0.25) is 0 Å². The van der Waals surface area contributed by atoms with Crippen molar-refractivity contribution in [2.24, 2.45) is 11.8 Å². The molecule has 0 aromatic carbocycles. The Hall–Kier alpha value is -1.10. The van der Waals surface area contributed by atoms with Gasteiger partial charge in [0.05, 0.1) is 25.0 Å². The minimum atomic E-state index is -0.958. The summed E-state index contributed by atoms with van der Waals surface area (Å²) in [5.41, 5.74) is 0. The molecule has 1 unspecified atom stereocenters. The summed E-state index contributed by atoms with van der Waals surface area (Å²) in [5.74, 6) is -2.66. The van der Waals surface area contributed by atoms with Crippen LogP contribution in [-0.4, -0.2) is 37.4 Å². The Morgan fingerprint density at radius 2 is 1.79 bits per heavy atom. The molecule has 5 nitrogen and oxygen atoms in total. The lowest BCUT2D eigenvalue weighted by Crippen LogP contribution is -2.26. The molecule has 1 saturated carbocycles. The van der Waals surface area contributed by atoms with Crippen LogP contribution in [0.4, 0.5) is 0 Å². The first kappa shape index (κ1) is 11.0. The molecule has 0 aliphatic heterocycles. The highest BCUT2D eigenvalue weighted by atomic mass is 16.5. The van der Waals surface area contributed by atoms with E-state index >= 15 is 0 Å². The second-order valence-corrected chi connectivity index (χ2v) is 3.40. The van der Waals surface area contributed by atoms with Crippen molar-refractivity contribution >= 4 is 11.9 Å². The van der Waals surface area contributed by atoms with Crippen LogP contribution in [0.1, 0.15) is 12.8 Å². The number of methoxy groups -OCH3 is 2. The first-order valence-electron chi connectivity index (χ1n) is 4.43. The summed E-state index contributed by atoms with van der Waals surface area (Å²) in [6.45, 7) is 0. The van der Waals surface area contributed by atoms with Gasteiger partial charge in [-0.05, 0) is 12.8 Å². The van der Waals surface area contributed by atoms with E-state index in [4.69, 9.17) is 9.84 Å². The van der Waals surface area contributed by atoms with E-state index in [0.717, 1.165) is 0 Å². The molecule has 0 aromatic rings. The lowest BCUT2D eigenvalue weighted by atomic mass is 9.97. The predicted octanol–water partition coefficient (Wildman–Crippen LogP) is 0.285. The fourth-order valence-electron chi connectivity index (χ4n) is 1.87. The highest BCUT2D eigenvalue weighted by Crippen LogP contribution is 2.34. The number of carbonyl (C=O) groups excluding carboxylic acids is 1. The first-order valence-corrected chi connectivity index (χ1v) is 4.43. The minimum Gasteiger partial charge on any atom is -0.481 e. The standard InChI is InChI=1S/C9H14O5/c1-13-5-3-6(8(10)11)7(4-5)9(12)14-2/h5-7H,3-4H2,1-2H3,(H,10,11)/t5?,6-,7+/m1/s1. The maximum atomic E-state index is 11.2. The molecular formula is C9H14O5. The number of carboxylic acid groups (broad SMARTS) is 1. The number of carboxylic acids is 1. The van der Waals surface area contributed by atoms with Crippen LogP contribution in [0.25, 0.3) is 0 Å². The van der Waals surface area contributed by atoms with Crippen LogP contribution in [0, 0.1) is 11.8 Å². The van der Waals surface area contributed by atoms with Gasteiger partial charge in [-0.3, -0.25) is 9.59 Å². The normalized spacial score (nSPS) is 31.4. The molecule has 0 heterocycles. The summed E-state index contributed by atoms with van der Waals surface area (Å²) < 4.78 is 9.59. The van der Waals surface area contributed by atoms with Crippen LogP contribution < -0.4 is 0 Å². The van der Waals surface area contributed by atoms with Crippen molar-refractivity contribution in [1.82, 2.24) is 0 Å². The first-order chi connectivity index (χ1) is 6.60. The molecule has 3 atom stereocenters. The van der Waals surface area contributed by atoms with E-state index in [1.807, 2.05) is 0 Å². The zero-order valence-electron chi connectivity index (χ0n) is 8.23. The summed E-state index contributed by atoms with van der Waals surface area (Å²) in [5, 5.41) is 8.88. The lowest BCUT2D eigenvalue weighted by molar-refractivity contribution is -0.154. The van der Waals surface area contributed by atoms with Crippen LogP contribution >= 0.6 is 0 Å². The summed E-state index contributed by atoms with van der Waals surface area (Å²) in [4.78, 5) is 22.1. The Kier molecular flexibility index (Phi) is 3.46. The van der Waals surface area contributed by atoms with Gasteiger partial charge in [0.15, 0.2) is 0 Å². The smallest absolute Gasteiger partial charge is 0.309 e. The Balaban J connectivity index is 2.71. The fourth-order valence-corrected chi connectivity index (χ4v) is 1.87. The number of hydrogen-bond acceptors (Lipinski definition) is 4. The predicted molar refractivity (Wildman–Crippen MR) is 46.7 cm³/mol. The third-order valence-electron chi connectivity index (χ3n) is 2.67. The van der Waals surface area contributed by atoms with Crippen molar-refractivity contribution in [3.05, 3.63) is 0 Å². The minimum absolute atomic E-state index is 0.153. The number of hydrogen-bond donors (Lipinski definition) is 1. The molecule has 0 amide bonds. The SMILES string of the molecule is COC(=O)[C@H]1CC(OC)C[C@H]1C(=O)O. The van der Waals surface area contributed by atoms with Gasteiger partial charge < -0.3 is 14.6 Å². The van der Waals surface area contributed by atoms with E-state index in [-0.39, 0.29) is 6.10 Å². The Morgan fingerprint density at radius 1 is 1.21 bits per heavy atom. The van der Waals surface area contributed by atoms with Gasteiger partial charge in [0.1, 0.15) is 0 Å². The maximum absolute atomic E-state index is 11.2. The second kappa shape index (κ2) is 4.41. The molecule has 0 saturated heterocycles. The lowest BCUT2D eigenvalue weighted by Gasteiger charge is -2.11. The number of esters is 1. The molecule has 1 aliphatic rings. The number of rotatable bonds is 3. The third kappa shape index (κ3) is 2.04. The number of aliphatic carboxylic acids is 1. The summed E-state index contributed by atoms with van der Waals surface area (Å²) >= 11 is 0. The van der Waals surface area contributed by atoms with Crippen LogP contribution in [-0.2, 0) is 19.1 Å². The monoisotopic (exact) mass is 202 g/mol. The molecule has 1 N–H and O–H groups in total. The van der Waals surface area contributed by atoms with Crippen molar-refractivity contribution in [3.8, 4) is 0 Å². The average Bonchev–Trinajstić information content (AvgIpc) is 2.60. The van der Waals surface area contributed by atoms with Crippen molar-refractivity contribution in [2.75, 3.05) is 14.2 Å². The van der Waals surface area contributed by atoms with Gasteiger partial charge in [0, 0.05) is 7.11 Å². The third-order valence-corrected chi connectivity index (χ3v) is 2.67. The molecule has 1 fully saturated rings. The van der Waals surface area contributed by atoms with Gasteiger partial charge in [-0.1, -0.05) is 0 Å². The van der Waals surface area contributed by atoms with Gasteiger partial charge in [-0.15, -0.1) is 0 Å². The molecule has 0 spiro atoms. The zero-order chi connectivity index (χ0) is 10.7. The Morgan fingerprint density at radius 3 is 2.21 bits per heavy atom. The summed E-state index contributed by atoms with van der Waals surface area (Å²) in [7, 11) is 2.78. The van der Waals surface area contributed by atoms with Gasteiger partial charge >= 0.3 is 11.9 Å². The van der Waals surface area contributed by atoms with Crippen LogP contribution in [0.5, 0.6) is 0 Å². The van der Waals surface area contributed by atoms with Crippen molar-refractivity contribution < 1.29 is 24.2 Å². The van der Waals surface area contributed by atoms with Crippen LogP contribution in [0.2, 0.25) is 0 Å². The maximum Gasteiger partial charge on any atom is 0.309 e. The molecule has 1 rings (SSSR count). The van der Waals surface area contributed by atoms with Gasteiger partial charge in [-0.2, -0.15) is 0 Å². The van der Waals surface area contributed by atoms with E-state index in [1.54, 1.807) is 0 Å². The van der Waals surface area contributed by atoms with E-state index in [2.05, 4.69) is 4.74 Å². The van der Waals surface area contributed by atoms with E-state index < -0.39 is 23.8 Å². The number of carbonyl (C=O) groups is 2. The molecule has 1 aliphatic carbocycles. The Bertz CT molecular complexity index is 237.